The number of ether oxygens (including phenoxy) is 2. The van der Waals surface area contributed by atoms with Crippen LogP contribution in [0.3, 0.4) is 0 Å². The lowest BCUT2D eigenvalue weighted by molar-refractivity contribution is -0.384. The first-order valence-electron chi connectivity index (χ1n) is 9.74. The summed E-state index contributed by atoms with van der Waals surface area (Å²) in [4.78, 5) is 10.6. The van der Waals surface area contributed by atoms with Crippen molar-refractivity contribution in [2.24, 2.45) is 5.10 Å². The molecule has 0 spiro atoms. The van der Waals surface area contributed by atoms with Gasteiger partial charge in [0.1, 0.15) is 11.5 Å². The van der Waals surface area contributed by atoms with Gasteiger partial charge in [-0.25, -0.2) is 5.01 Å². The van der Waals surface area contributed by atoms with Crippen LogP contribution in [-0.4, -0.2) is 22.8 Å². The quantitative estimate of drug-likeness (QED) is 0.359. The lowest BCUT2D eigenvalue weighted by Crippen LogP contribution is -2.33. The van der Waals surface area contributed by atoms with Gasteiger partial charge in [-0.05, 0) is 42.5 Å². The summed E-state index contributed by atoms with van der Waals surface area (Å²) in [6, 6.07) is 20.2. The average Bonchev–Trinajstić information content (AvgIpc) is 3.25. The number of hydrogen-bond donors (Lipinski definition) is 0. The highest BCUT2D eigenvalue weighted by atomic mass is 79.9. The molecule has 8 heteroatoms. The van der Waals surface area contributed by atoms with Gasteiger partial charge in [0.05, 0.1) is 23.8 Å². The van der Waals surface area contributed by atoms with Gasteiger partial charge in [0.2, 0.25) is 6.23 Å². The third-order valence-corrected chi connectivity index (χ3v) is 6.04. The first-order chi connectivity index (χ1) is 15.0. The fourth-order valence-electron chi connectivity index (χ4n) is 4.02. The molecule has 0 amide bonds. The maximum atomic E-state index is 11.0. The zero-order chi connectivity index (χ0) is 21.5. The van der Waals surface area contributed by atoms with Crippen LogP contribution < -0.4 is 9.47 Å². The first-order valence-corrected chi connectivity index (χ1v) is 10.5. The van der Waals surface area contributed by atoms with Gasteiger partial charge < -0.3 is 9.47 Å². The molecule has 7 nitrogen and oxygen atoms in total. The van der Waals surface area contributed by atoms with E-state index in [1.54, 1.807) is 19.2 Å². The van der Waals surface area contributed by atoms with Crippen molar-refractivity contribution < 1.29 is 14.4 Å². The molecular formula is C23H18BrN3O4. The molecule has 2 aliphatic rings. The highest BCUT2D eigenvalue weighted by Gasteiger charge is 2.41. The Hall–Kier alpha value is -3.39. The topological polar surface area (TPSA) is 77.2 Å². The van der Waals surface area contributed by atoms with Gasteiger partial charge >= 0.3 is 0 Å². The Kier molecular flexibility index (Phi) is 4.86. The molecule has 0 bridgehead atoms. The number of halogens is 1. The molecule has 0 aliphatic carbocycles. The number of methoxy groups -OCH3 is 1. The first kappa shape index (κ1) is 19.6. The van der Waals surface area contributed by atoms with Crippen LogP contribution in [0.15, 0.2) is 76.3 Å². The van der Waals surface area contributed by atoms with Crippen molar-refractivity contribution in [1.29, 1.82) is 0 Å². The summed E-state index contributed by atoms with van der Waals surface area (Å²) in [5, 5.41) is 17.9. The van der Waals surface area contributed by atoms with Crippen molar-refractivity contribution in [2.75, 3.05) is 7.11 Å². The van der Waals surface area contributed by atoms with Crippen molar-refractivity contribution in [1.82, 2.24) is 5.01 Å². The van der Waals surface area contributed by atoms with E-state index in [4.69, 9.17) is 14.6 Å². The molecule has 2 aliphatic heterocycles. The standard InChI is InChI=1S/C23H18BrN3O4/c1-30-18-4-2-3-15(11-18)20-13-21-19-12-16(24)7-10-22(19)31-23(26(21)25-20)14-5-8-17(9-6-14)27(28)29/h2-12,21,23H,13H2,1H3/t21-,23-/m0/s1. The smallest absolute Gasteiger partial charge is 0.269 e. The lowest BCUT2D eigenvalue weighted by atomic mass is 9.96. The van der Waals surface area contributed by atoms with Crippen LogP contribution in [0.25, 0.3) is 0 Å². The zero-order valence-corrected chi connectivity index (χ0v) is 18.2. The molecule has 0 fully saturated rings. The second-order valence-electron chi connectivity index (χ2n) is 7.38. The molecule has 2 atom stereocenters. The molecule has 0 saturated heterocycles. The highest BCUT2D eigenvalue weighted by Crippen LogP contribution is 2.48. The third-order valence-electron chi connectivity index (χ3n) is 5.54. The highest BCUT2D eigenvalue weighted by molar-refractivity contribution is 9.10. The van der Waals surface area contributed by atoms with Crippen molar-refractivity contribution >= 4 is 27.3 Å². The van der Waals surface area contributed by atoms with Gasteiger partial charge in [-0.2, -0.15) is 5.10 Å². The second kappa shape index (κ2) is 7.70. The maximum Gasteiger partial charge on any atom is 0.269 e. The molecule has 156 valence electrons. The summed E-state index contributed by atoms with van der Waals surface area (Å²) in [6.07, 6.45) is 0.228. The molecule has 0 saturated carbocycles. The largest absolute Gasteiger partial charge is 0.497 e. The lowest BCUT2D eigenvalue weighted by Gasteiger charge is -2.38. The number of fused-ring (bicyclic) bond motifs is 3. The number of rotatable bonds is 4. The molecule has 0 N–H and O–H groups in total. The molecule has 0 unspecified atom stereocenters. The number of benzene rings is 3. The van der Waals surface area contributed by atoms with Gasteiger partial charge in [-0.3, -0.25) is 10.1 Å². The van der Waals surface area contributed by atoms with E-state index in [2.05, 4.69) is 22.0 Å². The summed E-state index contributed by atoms with van der Waals surface area (Å²) >= 11 is 3.56. The Morgan fingerprint density at radius 1 is 1.16 bits per heavy atom. The van der Waals surface area contributed by atoms with E-state index in [0.717, 1.165) is 38.4 Å². The van der Waals surface area contributed by atoms with E-state index in [1.807, 2.05) is 41.4 Å². The number of nitrogens with zero attached hydrogens (tertiary/aromatic N) is 3. The summed E-state index contributed by atoms with van der Waals surface area (Å²) in [5.74, 6) is 1.56. The number of nitro benzene ring substituents is 1. The minimum atomic E-state index is -0.484. The fraction of sp³-hybridized carbons (Fsp3) is 0.174. The van der Waals surface area contributed by atoms with Crippen molar-refractivity contribution in [3.63, 3.8) is 0 Å². The number of non-ortho nitro benzene ring substituents is 1. The number of hydrazone groups is 1. The third kappa shape index (κ3) is 3.53. The van der Waals surface area contributed by atoms with Crippen LogP contribution in [0.1, 0.15) is 35.4 Å². The van der Waals surface area contributed by atoms with Gasteiger partial charge in [-0.15, -0.1) is 0 Å². The monoisotopic (exact) mass is 479 g/mol. The Morgan fingerprint density at radius 2 is 1.97 bits per heavy atom. The molecule has 0 radical (unpaired) electrons. The number of nitro groups is 1. The van der Waals surface area contributed by atoms with Gasteiger partial charge in [0, 0.05) is 39.7 Å². The molecule has 31 heavy (non-hydrogen) atoms. The normalized spacial score (nSPS) is 19.2. The van der Waals surface area contributed by atoms with E-state index in [0.29, 0.717) is 6.42 Å². The molecule has 3 aromatic carbocycles. The Labute approximate surface area is 187 Å². The predicted octanol–water partition coefficient (Wildman–Crippen LogP) is 5.61. The summed E-state index contributed by atoms with van der Waals surface area (Å²) in [6.45, 7) is 0. The Morgan fingerprint density at radius 3 is 2.71 bits per heavy atom. The minimum absolute atomic E-state index is 0.0114. The van der Waals surface area contributed by atoms with Crippen molar-refractivity contribution in [2.45, 2.75) is 18.7 Å². The number of hydrogen-bond acceptors (Lipinski definition) is 6. The van der Waals surface area contributed by atoms with Crippen molar-refractivity contribution in [3.05, 3.63) is 98.0 Å². The van der Waals surface area contributed by atoms with E-state index in [1.165, 1.54) is 12.1 Å². The van der Waals surface area contributed by atoms with E-state index in [9.17, 15) is 10.1 Å². The fourth-order valence-corrected chi connectivity index (χ4v) is 4.39. The van der Waals surface area contributed by atoms with E-state index < -0.39 is 11.2 Å². The van der Waals surface area contributed by atoms with Crippen molar-refractivity contribution in [3.8, 4) is 11.5 Å². The second-order valence-corrected chi connectivity index (χ2v) is 8.30. The average molecular weight is 480 g/mol. The van der Waals surface area contributed by atoms with E-state index in [-0.39, 0.29) is 11.7 Å². The van der Waals surface area contributed by atoms with Crippen LogP contribution in [0.5, 0.6) is 11.5 Å². The van der Waals surface area contributed by atoms with Gasteiger partial charge in [0.25, 0.3) is 5.69 Å². The maximum absolute atomic E-state index is 11.0. The Bertz CT molecular complexity index is 1200. The van der Waals surface area contributed by atoms with E-state index >= 15 is 0 Å². The Balaban J connectivity index is 1.57. The van der Waals surface area contributed by atoms with Crippen LogP contribution in [0.2, 0.25) is 0 Å². The summed E-state index contributed by atoms with van der Waals surface area (Å²) in [7, 11) is 1.64. The van der Waals surface area contributed by atoms with Crippen LogP contribution in [0.4, 0.5) is 5.69 Å². The molecular weight excluding hydrogens is 462 g/mol. The van der Waals surface area contributed by atoms with Crippen LogP contribution >= 0.6 is 15.9 Å². The SMILES string of the molecule is COc1cccc(C2=NN3[C@@H](C2)c2cc(Br)ccc2O[C@H]3c2ccc([N+](=O)[O-])cc2)c1. The van der Waals surface area contributed by atoms with Gasteiger partial charge in [0.15, 0.2) is 0 Å². The summed E-state index contributed by atoms with van der Waals surface area (Å²) in [5.41, 5.74) is 3.83. The van der Waals surface area contributed by atoms with Crippen LogP contribution in [0, 0.1) is 10.1 Å². The predicted molar refractivity (Wildman–Crippen MR) is 119 cm³/mol. The molecule has 2 heterocycles. The van der Waals surface area contributed by atoms with Gasteiger partial charge in [-0.1, -0.05) is 28.1 Å². The summed E-state index contributed by atoms with van der Waals surface area (Å²) < 4.78 is 12.7. The zero-order valence-electron chi connectivity index (χ0n) is 16.6. The van der Waals surface area contributed by atoms with Crippen LogP contribution in [-0.2, 0) is 0 Å². The minimum Gasteiger partial charge on any atom is -0.497 e. The molecule has 5 rings (SSSR count). The molecule has 0 aromatic heterocycles. The molecule has 3 aromatic rings.